The quantitative estimate of drug-likeness (QED) is 0.214. The van der Waals surface area contributed by atoms with Gasteiger partial charge in [0.05, 0.1) is 0 Å². The lowest BCUT2D eigenvalue weighted by atomic mass is 10.2. The summed E-state index contributed by atoms with van der Waals surface area (Å²) in [5.41, 5.74) is 1.18. The number of hydrogen-bond donors (Lipinski definition) is 2. The largest absolute Gasteiger partial charge is 0.363 e. The van der Waals surface area contributed by atoms with E-state index in [0.717, 1.165) is 30.6 Å². The van der Waals surface area contributed by atoms with E-state index in [1.165, 1.54) is 10.5 Å². The highest BCUT2D eigenvalue weighted by Gasteiger charge is 2.01. The summed E-state index contributed by atoms with van der Waals surface area (Å²) >= 11 is 1.83. The van der Waals surface area contributed by atoms with Crippen molar-refractivity contribution in [2.75, 3.05) is 38.3 Å². The molecule has 2 N–H and O–H groups in total. The first kappa shape index (κ1) is 21.6. The van der Waals surface area contributed by atoms with E-state index in [9.17, 15) is 0 Å². The molecule has 1 heterocycles. The lowest BCUT2D eigenvalue weighted by molar-refractivity contribution is 0.830. The van der Waals surface area contributed by atoms with E-state index in [0.29, 0.717) is 0 Å². The summed E-state index contributed by atoms with van der Waals surface area (Å²) in [6.45, 7) is 1.58. The second-order valence-electron chi connectivity index (χ2n) is 5.43. The average molecular weight is 471 g/mol. The number of aliphatic imine (C=N–C) groups is 1. The lowest BCUT2D eigenvalue weighted by Gasteiger charge is -2.14. The second-order valence-corrected chi connectivity index (χ2v) is 6.60. The fourth-order valence-electron chi connectivity index (χ4n) is 2.08. The van der Waals surface area contributed by atoms with E-state index >= 15 is 0 Å². The number of rotatable bonds is 7. The molecule has 0 aliphatic carbocycles. The Bertz CT molecular complexity index is 649. The van der Waals surface area contributed by atoms with Gasteiger partial charge in [-0.25, -0.2) is 4.98 Å². The maximum atomic E-state index is 4.33. The zero-order valence-electron chi connectivity index (χ0n) is 14.9. The van der Waals surface area contributed by atoms with Gasteiger partial charge in [-0.3, -0.25) is 4.99 Å². The molecular formula is C18H26IN5S. The summed E-state index contributed by atoms with van der Waals surface area (Å²) in [6.07, 6.45) is 1.83. The minimum atomic E-state index is 0. The summed E-state index contributed by atoms with van der Waals surface area (Å²) in [5.74, 6) is 2.76. The van der Waals surface area contributed by atoms with Crippen LogP contribution >= 0.6 is 35.7 Å². The fraction of sp³-hybridized carbons (Fsp3) is 0.333. The smallest absolute Gasteiger partial charge is 0.191 e. The molecule has 1 aromatic heterocycles. The first-order valence-corrected chi connectivity index (χ1v) is 8.92. The highest BCUT2D eigenvalue weighted by atomic mass is 127. The van der Waals surface area contributed by atoms with Crippen LogP contribution in [0.3, 0.4) is 0 Å². The Kier molecular flexibility index (Phi) is 10.3. The standard InChI is InChI=1S/C18H25N5S.HI/c1-19-18(21-11-12-24-16-7-5-4-6-8-16)22-14-15-9-10-20-17(13-15)23(2)3;/h4-10,13H,11-12,14H2,1-3H3,(H2,19,21,22);1H. The van der Waals surface area contributed by atoms with Gasteiger partial charge in [0.2, 0.25) is 0 Å². The van der Waals surface area contributed by atoms with Gasteiger partial charge in [-0.15, -0.1) is 35.7 Å². The molecule has 5 nitrogen and oxygen atoms in total. The molecule has 1 aromatic carbocycles. The SMILES string of the molecule is CN=C(NCCSc1ccccc1)NCc1ccnc(N(C)C)c1.I. The average Bonchev–Trinajstić information content (AvgIpc) is 2.62. The van der Waals surface area contributed by atoms with Gasteiger partial charge in [-0.05, 0) is 29.8 Å². The molecule has 0 fully saturated rings. The first-order chi connectivity index (χ1) is 11.7. The van der Waals surface area contributed by atoms with Crippen LogP contribution in [0.2, 0.25) is 0 Å². The van der Waals surface area contributed by atoms with E-state index < -0.39 is 0 Å². The number of guanidine groups is 1. The Balaban J connectivity index is 0.00000312. The van der Waals surface area contributed by atoms with Gasteiger partial charge in [0.15, 0.2) is 5.96 Å². The Hall–Kier alpha value is -1.48. The van der Waals surface area contributed by atoms with Crippen LogP contribution in [-0.2, 0) is 6.54 Å². The van der Waals surface area contributed by atoms with Crippen LogP contribution in [0.4, 0.5) is 5.82 Å². The highest BCUT2D eigenvalue weighted by Crippen LogP contribution is 2.15. The van der Waals surface area contributed by atoms with Crippen LogP contribution in [0.25, 0.3) is 0 Å². The van der Waals surface area contributed by atoms with E-state index in [-0.39, 0.29) is 24.0 Å². The molecule has 0 radical (unpaired) electrons. The van der Waals surface area contributed by atoms with Crippen LogP contribution in [0.5, 0.6) is 0 Å². The van der Waals surface area contributed by atoms with Gasteiger partial charge in [-0.1, -0.05) is 18.2 Å². The van der Waals surface area contributed by atoms with Crippen molar-refractivity contribution in [3.63, 3.8) is 0 Å². The normalized spacial score (nSPS) is 10.8. The predicted molar refractivity (Wildman–Crippen MR) is 119 cm³/mol. The lowest BCUT2D eigenvalue weighted by Crippen LogP contribution is -2.38. The maximum Gasteiger partial charge on any atom is 0.191 e. The molecule has 0 aliphatic heterocycles. The number of benzene rings is 1. The molecule has 0 aliphatic rings. The third-order valence-electron chi connectivity index (χ3n) is 3.36. The molecule has 25 heavy (non-hydrogen) atoms. The van der Waals surface area contributed by atoms with Crippen LogP contribution in [0.15, 0.2) is 58.5 Å². The summed E-state index contributed by atoms with van der Waals surface area (Å²) < 4.78 is 0. The fourth-order valence-corrected chi connectivity index (χ4v) is 2.87. The summed E-state index contributed by atoms with van der Waals surface area (Å²) in [5, 5.41) is 6.67. The Morgan fingerprint density at radius 2 is 1.92 bits per heavy atom. The number of pyridine rings is 1. The number of hydrogen-bond acceptors (Lipinski definition) is 4. The van der Waals surface area contributed by atoms with E-state index in [1.807, 2.05) is 49.1 Å². The number of halogens is 1. The summed E-state index contributed by atoms with van der Waals surface area (Å²) in [7, 11) is 5.77. The molecule has 2 aromatic rings. The van der Waals surface area contributed by atoms with Crippen LogP contribution in [0, 0.1) is 0 Å². The maximum absolute atomic E-state index is 4.33. The third kappa shape index (κ3) is 7.96. The van der Waals surface area contributed by atoms with Crippen molar-refractivity contribution in [2.45, 2.75) is 11.4 Å². The first-order valence-electron chi connectivity index (χ1n) is 7.93. The monoisotopic (exact) mass is 471 g/mol. The number of anilines is 1. The molecule has 0 atom stereocenters. The van der Waals surface area contributed by atoms with Crippen LogP contribution in [0.1, 0.15) is 5.56 Å². The van der Waals surface area contributed by atoms with Gasteiger partial charge in [0.25, 0.3) is 0 Å². The molecule has 2 rings (SSSR count). The Labute approximate surface area is 171 Å². The van der Waals surface area contributed by atoms with Crippen LogP contribution in [-0.4, -0.2) is 44.4 Å². The minimum absolute atomic E-state index is 0. The molecule has 0 spiro atoms. The van der Waals surface area contributed by atoms with Gasteiger partial charge in [0, 0.05) is 51.1 Å². The number of thioether (sulfide) groups is 1. The molecule has 0 saturated heterocycles. The van der Waals surface area contributed by atoms with Crippen LogP contribution < -0.4 is 15.5 Å². The van der Waals surface area contributed by atoms with Crippen molar-refractivity contribution in [1.29, 1.82) is 0 Å². The van der Waals surface area contributed by atoms with E-state index in [2.05, 4.69) is 50.9 Å². The summed E-state index contributed by atoms with van der Waals surface area (Å²) in [6, 6.07) is 14.5. The van der Waals surface area contributed by atoms with Gasteiger partial charge in [0.1, 0.15) is 5.82 Å². The molecular weight excluding hydrogens is 445 g/mol. The topological polar surface area (TPSA) is 52.6 Å². The van der Waals surface area contributed by atoms with Crippen molar-refractivity contribution in [1.82, 2.24) is 15.6 Å². The van der Waals surface area contributed by atoms with E-state index in [4.69, 9.17) is 0 Å². The summed E-state index contributed by atoms with van der Waals surface area (Å²) in [4.78, 5) is 11.9. The molecule has 0 saturated carbocycles. The minimum Gasteiger partial charge on any atom is -0.363 e. The molecule has 0 amide bonds. The predicted octanol–water partition coefficient (Wildman–Crippen LogP) is 3.22. The van der Waals surface area contributed by atoms with Gasteiger partial charge < -0.3 is 15.5 Å². The highest BCUT2D eigenvalue weighted by molar-refractivity contribution is 14.0. The van der Waals surface area contributed by atoms with Gasteiger partial charge in [-0.2, -0.15) is 0 Å². The zero-order valence-corrected chi connectivity index (χ0v) is 18.0. The Morgan fingerprint density at radius 3 is 2.60 bits per heavy atom. The zero-order chi connectivity index (χ0) is 17.2. The van der Waals surface area contributed by atoms with Crippen molar-refractivity contribution in [3.8, 4) is 0 Å². The molecule has 7 heteroatoms. The van der Waals surface area contributed by atoms with Crippen molar-refractivity contribution in [3.05, 3.63) is 54.2 Å². The second kappa shape index (κ2) is 12.0. The number of nitrogens with one attached hydrogen (secondary N) is 2. The Morgan fingerprint density at radius 1 is 1.16 bits per heavy atom. The number of aromatic nitrogens is 1. The third-order valence-corrected chi connectivity index (χ3v) is 4.37. The molecule has 0 bridgehead atoms. The molecule has 0 unspecified atom stereocenters. The molecule has 136 valence electrons. The van der Waals surface area contributed by atoms with Crippen molar-refractivity contribution in [2.24, 2.45) is 4.99 Å². The number of nitrogens with zero attached hydrogens (tertiary/aromatic N) is 3. The van der Waals surface area contributed by atoms with Crippen molar-refractivity contribution < 1.29 is 0 Å². The van der Waals surface area contributed by atoms with E-state index in [1.54, 1.807) is 7.05 Å². The van der Waals surface area contributed by atoms with Gasteiger partial charge >= 0.3 is 0 Å². The van der Waals surface area contributed by atoms with Crippen molar-refractivity contribution >= 4 is 47.5 Å².